The van der Waals surface area contributed by atoms with Crippen molar-refractivity contribution in [3.8, 4) is 0 Å². The first-order valence-corrected chi connectivity index (χ1v) is 7.54. The Bertz CT molecular complexity index is 286. The van der Waals surface area contributed by atoms with E-state index in [1.807, 2.05) is 13.8 Å². The van der Waals surface area contributed by atoms with Gasteiger partial charge in [-0.05, 0) is 20.3 Å². The largest absolute Gasteiger partial charge is 0.481 e. The van der Waals surface area contributed by atoms with Crippen molar-refractivity contribution in [2.45, 2.75) is 73.5 Å². The van der Waals surface area contributed by atoms with Gasteiger partial charge in [0.25, 0.3) is 0 Å². The second kappa shape index (κ2) is 12.4. The van der Waals surface area contributed by atoms with E-state index in [0.29, 0.717) is 6.42 Å². The molecule has 6 heteroatoms. The SMILES string of the molecule is CC(C)C(=O)O.CC(C)C(=O)O.CCC(O)C(C)C(C)(C)O. The average Bonchev–Trinajstić information content (AvgIpc) is 2.36. The minimum Gasteiger partial charge on any atom is -0.481 e. The van der Waals surface area contributed by atoms with Gasteiger partial charge in [0.1, 0.15) is 0 Å². The molecule has 0 aliphatic carbocycles. The zero-order valence-corrected chi connectivity index (χ0v) is 15.1. The van der Waals surface area contributed by atoms with E-state index in [2.05, 4.69) is 0 Å². The number of carboxylic acid groups (broad SMARTS) is 2. The molecule has 0 aromatic heterocycles. The molecule has 2 unspecified atom stereocenters. The third kappa shape index (κ3) is 16.9. The zero-order chi connectivity index (χ0) is 18.7. The Hall–Kier alpha value is -1.14. The first-order chi connectivity index (χ1) is 9.68. The number of carbonyl (C=O) groups is 2. The van der Waals surface area contributed by atoms with Gasteiger partial charge in [-0.2, -0.15) is 0 Å². The van der Waals surface area contributed by atoms with Crippen molar-refractivity contribution in [3.05, 3.63) is 0 Å². The van der Waals surface area contributed by atoms with Gasteiger partial charge in [-0.1, -0.05) is 41.5 Å². The minimum absolute atomic E-state index is 0.0579. The highest BCUT2D eigenvalue weighted by molar-refractivity contribution is 5.69. The number of aliphatic hydroxyl groups is 2. The Balaban J connectivity index is -0.000000261. The lowest BCUT2D eigenvalue weighted by atomic mass is 9.87. The molecular weight excluding hydrogens is 288 g/mol. The fraction of sp³-hybridized carbons (Fsp3) is 0.875. The monoisotopic (exact) mass is 322 g/mol. The van der Waals surface area contributed by atoms with Gasteiger partial charge in [0.15, 0.2) is 0 Å². The van der Waals surface area contributed by atoms with E-state index in [9.17, 15) is 19.8 Å². The van der Waals surface area contributed by atoms with Crippen LogP contribution in [0.3, 0.4) is 0 Å². The lowest BCUT2D eigenvalue weighted by Crippen LogP contribution is -2.36. The molecule has 0 bridgehead atoms. The van der Waals surface area contributed by atoms with Crippen LogP contribution in [-0.2, 0) is 9.59 Å². The quantitative estimate of drug-likeness (QED) is 0.618. The zero-order valence-electron chi connectivity index (χ0n) is 15.1. The molecule has 0 saturated carbocycles. The number of aliphatic carboxylic acids is 2. The van der Waals surface area contributed by atoms with Gasteiger partial charge in [0.05, 0.1) is 23.5 Å². The maximum Gasteiger partial charge on any atom is 0.305 e. The topological polar surface area (TPSA) is 115 Å². The van der Waals surface area contributed by atoms with Crippen molar-refractivity contribution in [2.75, 3.05) is 0 Å². The molecule has 0 rings (SSSR count). The van der Waals surface area contributed by atoms with Crippen LogP contribution >= 0.6 is 0 Å². The molecule has 0 spiro atoms. The van der Waals surface area contributed by atoms with Crippen LogP contribution in [0.15, 0.2) is 0 Å². The minimum atomic E-state index is -0.768. The first kappa shape index (κ1) is 25.8. The maximum absolute atomic E-state index is 9.70. The standard InChI is InChI=1S/C8H18O2.2C4H8O2/c1-5-7(9)6(2)8(3,4)10;2*1-3(2)4(5)6/h6-7,9-10H,5H2,1-4H3;2*3H,1-2H3,(H,5,6). The molecule has 0 fully saturated rings. The van der Waals surface area contributed by atoms with E-state index < -0.39 is 17.5 Å². The van der Waals surface area contributed by atoms with Gasteiger partial charge in [0, 0.05) is 5.92 Å². The molecule has 0 saturated heterocycles. The van der Waals surface area contributed by atoms with Crippen molar-refractivity contribution in [3.63, 3.8) is 0 Å². The lowest BCUT2D eigenvalue weighted by molar-refractivity contribution is -0.141. The van der Waals surface area contributed by atoms with Crippen molar-refractivity contribution in [1.82, 2.24) is 0 Å². The number of aliphatic hydroxyl groups excluding tert-OH is 1. The molecule has 0 aromatic rings. The molecule has 6 nitrogen and oxygen atoms in total. The molecule has 0 aromatic carbocycles. The van der Waals surface area contributed by atoms with Gasteiger partial charge in [0.2, 0.25) is 0 Å². The first-order valence-electron chi connectivity index (χ1n) is 7.54. The van der Waals surface area contributed by atoms with E-state index in [0.717, 1.165) is 0 Å². The van der Waals surface area contributed by atoms with Gasteiger partial charge < -0.3 is 20.4 Å². The Morgan fingerprint density at radius 1 is 0.909 bits per heavy atom. The summed E-state index contributed by atoms with van der Waals surface area (Å²) in [7, 11) is 0. The van der Waals surface area contributed by atoms with Crippen LogP contribution in [0.2, 0.25) is 0 Å². The predicted molar refractivity (Wildman–Crippen MR) is 86.7 cm³/mol. The fourth-order valence-corrected chi connectivity index (χ4v) is 0.824. The average molecular weight is 322 g/mol. The van der Waals surface area contributed by atoms with Crippen LogP contribution in [0.5, 0.6) is 0 Å². The maximum atomic E-state index is 9.70. The van der Waals surface area contributed by atoms with Crippen molar-refractivity contribution >= 4 is 11.9 Å². The summed E-state index contributed by atoms with van der Waals surface area (Å²) in [6, 6.07) is 0. The summed E-state index contributed by atoms with van der Waals surface area (Å²) in [5, 5.41) is 34.7. The summed E-state index contributed by atoms with van der Waals surface area (Å²) < 4.78 is 0. The van der Waals surface area contributed by atoms with Gasteiger partial charge in [-0.3, -0.25) is 9.59 Å². The van der Waals surface area contributed by atoms with Crippen molar-refractivity contribution < 1.29 is 30.0 Å². The Kier molecular flexibility index (Phi) is 14.5. The summed E-state index contributed by atoms with van der Waals surface area (Å²) in [6.45, 7) is 13.8. The number of hydrogen-bond donors (Lipinski definition) is 4. The summed E-state index contributed by atoms with van der Waals surface area (Å²) in [5.41, 5.74) is -0.768. The van der Waals surface area contributed by atoms with Gasteiger partial charge in [-0.25, -0.2) is 0 Å². The van der Waals surface area contributed by atoms with Crippen LogP contribution in [0.1, 0.15) is 61.8 Å². The summed E-state index contributed by atoms with van der Waals surface area (Å²) >= 11 is 0. The molecule has 0 aliphatic rings. The molecule has 2 atom stereocenters. The molecule has 22 heavy (non-hydrogen) atoms. The Morgan fingerprint density at radius 3 is 1.18 bits per heavy atom. The fourth-order valence-electron chi connectivity index (χ4n) is 0.824. The summed E-state index contributed by atoms with van der Waals surface area (Å²) in [4.78, 5) is 19.4. The molecule has 0 radical (unpaired) electrons. The van der Waals surface area contributed by atoms with Crippen LogP contribution in [-0.4, -0.2) is 44.1 Å². The molecule has 0 amide bonds. The summed E-state index contributed by atoms with van der Waals surface area (Å²) in [5.74, 6) is -2.00. The lowest BCUT2D eigenvalue weighted by Gasteiger charge is -2.29. The number of rotatable bonds is 5. The van der Waals surface area contributed by atoms with Crippen molar-refractivity contribution in [1.29, 1.82) is 0 Å². The van der Waals surface area contributed by atoms with Crippen LogP contribution in [0, 0.1) is 17.8 Å². The normalized spacial score (nSPS) is 13.5. The molecule has 134 valence electrons. The van der Waals surface area contributed by atoms with E-state index in [1.54, 1.807) is 41.5 Å². The highest BCUT2D eigenvalue weighted by Gasteiger charge is 2.27. The van der Waals surface area contributed by atoms with E-state index in [1.165, 1.54) is 0 Å². The molecule has 0 heterocycles. The van der Waals surface area contributed by atoms with E-state index >= 15 is 0 Å². The smallest absolute Gasteiger partial charge is 0.305 e. The Morgan fingerprint density at radius 2 is 1.14 bits per heavy atom. The number of carboxylic acids is 2. The van der Waals surface area contributed by atoms with Crippen molar-refractivity contribution in [2.24, 2.45) is 17.8 Å². The second-order valence-electron chi connectivity index (χ2n) is 6.40. The van der Waals surface area contributed by atoms with Gasteiger partial charge >= 0.3 is 11.9 Å². The van der Waals surface area contributed by atoms with Crippen LogP contribution in [0.25, 0.3) is 0 Å². The second-order valence-corrected chi connectivity index (χ2v) is 6.40. The van der Waals surface area contributed by atoms with Crippen LogP contribution < -0.4 is 0 Å². The molecule has 0 aliphatic heterocycles. The van der Waals surface area contributed by atoms with Crippen LogP contribution in [0.4, 0.5) is 0 Å². The van der Waals surface area contributed by atoms with E-state index in [4.69, 9.17) is 10.2 Å². The molecule has 4 N–H and O–H groups in total. The molecular formula is C16H34O6. The van der Waals surface area contributed by atoms with E-state index in [-0.39, 0.29) is 23.9 Å². The highest BCUT2D eigenvalue weighted by Crippen LogP contribution is 2.20. The van der Waals surface area contributed by atoms with Gasteiger partial charge in [-0.15, -0.1) is 0 Å². The number of hydrogen-bond acceptors (Lipinski definition) is 4. The predicted octanol–water partition coefficient (Wildman–Crippen LogP) is 2.62. The Labute approximate surface area is 134 Å². The summed E-state index contributed by atoms with van der Waals surface area (Å²) in [6.07, 6.45) is 0.311. The third-order valence-electron chi connectivity index (χ3n) is 3.10. The third-order valence-corrected chi connectivity index (χ3v) is 3.10. The highest BCUT2D eigenvalue weighted by atomic mass is 16.4.